The summed E-state index contributed by atoms with van der Waals surface area (Å²) in [5.74, 6) is 0.319. The summed E-state index contributed by atoms with van der Waals surface area (Å²) in [5.41, 5.74) is 1.23. The highest BCUT2D eigenvalue weighted by Gasteiger charge is 2.26. The molecule has 3 nitrogen and oxygen atoms in total. The van der Waals surface area contributed by atoms with Crippen molar-refractivity contribution in [3.05, 3.63) is 34.9 Å². The Bertz CT molecular complexity index is 455. The third-order valence-corrected chi connectivity index (χ3v) is 3.70. The Morgan fingerprint density at radius 3 is 2.79 bits per heavy atom. The number of hydrogen-bond donors (Lipinski definition) is 2. The molecule has 1 aromatic carbocycles. The second-order valence-corrected chi connectivity index (χ2v) is 6.48. The Balaban J connectivity index is 1.85. The lowest BCUT2D eigenvalue weighted by Crippen LogP contribution is -2.52. The highest BCUT2D eigenvalue weighted by Crippen LogP contribution is 2.23. The van der Waals surface area contributed by atoms with Crippen molar-refractivity contribution >= 4 is 17.5 Å². The largest absolute Gasteiger partial charge is 0.355 e. The number of nitrogens with one attached hydrogen (secondary N) is 2. The summed E-state index contributed by atoms with van der Waals surface area (Å²) < 4.78 is 0. The molecule has 0 spiro atoms. The number of hydrogen-bond acceptors (Lipinski definition) is 2. The van der Waals surface area contributed by atoms with Crippen LogP contribution < -0.4 is 10.6 Å². The Morgan fingerprint density at radius 1 is 1.47 bits per heavy atom. The zero-order valence-electron chi connectivity index (χ0n) is 11.5. The zero-order valence-corrected chi connectivity index (χ0v) is 12.3. The van der Waals surface area contributed by atoms with Gasteiger partial charge in [0.25, 0.3) is 0 Å². The Hall–Kier alpha value is -1.06. The molecule has 0 radical (unpaired) electrons. The molecule has 0 saturated carbocycles. The molecule has 1 aromatic rings. The van der Waals surface area contributed by atoms with Crippen molar-refractivity contribution in [1.82, 2.24) is 10.6 Å². The van der Waals surface area contributed by atoms with Crippen molar-refractivity contribution in [3.8, 4) is 0 Å². The maximum absolute atomic E-state index is 11.8. The summed E-state index contributed by atoms with van der Waals surface area (Å²) >= 11 is 5.99. The predicted octanol–water partition coefficient (Wildman–Crippen LogP) is 2.24. The maximum atomic E-state index is 11.8. The van der Waals surface area contributed by atoms with Gasteiger partial charge < -0.3 is 10.6 Å². The molecule has 104 valence electrons. The standard InChI is InChI=1S/C15H21ClN2O/c1-15(2,7-11-4-3-5-13(16)6-11)10-18-14(19)12-8-17-9-12/h3-6,12,17H,7-10H2,1-2H3,(H,18,19). The van der Waals surface area contributed by atoms with Gasteiger partial charge in [-0.2, -0.15) is 0 Å². The molecule has 4 heteroatoms. The number of carbonyl (C=O) groups excluding carboxylic acids is 1. The molecule has 0 bridgehead atoms. The lowest BCUT2D eigenvalue weighted by Gasteiger charge is -2.29. The van der Waals surface area contributed by atoms with Gasteiger partial charge in [0.2, 0.25) is 5.91 Å². The number of rotatable bonds is 5. The molecule has 1 aliphatic heterocycles. The molecule has 1 saturated heterocycles. The van der Waals surface area contributed by atoms with Crippen LogP contribution in [0.3, 0.4) is 0 Å². The SMILES string of the molecule is CC(C)(CNC(=O)C1CNC1)Cc1cccc(Cl)c1. The number of benzene rings is 1. The van der Waals surface area contributed by atoms with Gasteiger partial charge in [0, 0.05) is 24.7 Å². The normalized spacial score (nSPS) is 15.9. The fraction of sp³-hybridized carbons (Fsp3) is 0.533. The molecule has 2 rings (SSSR count). The smallest absolute Gasteiger partial charge is 0.225 e. The predicted molar refractivity (Wildman–Crippen MR) is 78.3 cm³/mol. The van der Waals surface area contributed by atoms with Crippen LogP contribution in [0.2, 0.25) is 5.02 Å². The first kappa shape index (κ1) is 14.4. The number of carbonyl (C=O) groups is 1. The van der Waals surface area contributed by atoms with Gasteiger partial charge in [-0.05, 0) is 29.5 Å². The molecule has 1 heterocycles. The van der Waals surface area contributed by atoms with Gasteiger partial charge in [0.15, 0.2) is 0 Å². The van der Waals surface area contributed by atoms with Crippen molar-refractivity contribution in [1.29, 1.82) is 0 Å². The molecule has 1 fully saturated rings. The average Bonchev–Trinajstić information content (AvgIpc) is 2.23. The van der Waals surface area contributed by atoms with Crippen molar-refractivity contribution in [2.45, 2.75) is 20.3 Å². The minimum atomic E-state index is 0.0253. The molecular weight excluding hydrogens is 260 g/mol. The summed E-state index contributed by atoms with van der Waals surface area (Å²) in [6.45, 7) is 6.62. The first-order valence-electron chi connectivity index (χ1n) is 6.69. The van der Waals surface area contributed by atoms with Crippen LogP contribution in [-0.2, 0) is 11.2 Å². The van der Waals surface area contributed by atoms with Gasteiger partial charge in [0.1, 0.15) is 0 Å². The van der Waals surface area contributed by atoms with Gasteiger partial charge >= 0.3 is 0 Å². The van der Waals surface area contributed by atoms with E-state index in [1.165, 1.54) is 5.56 Å². The van der Waals surface area contributed by atoms with E-state index in [9.17, 15) is 4.79 Å². The van der Waals surface area contributed by atoms with Gasteiger partial charge in [-0.3, -0.25) is 4.79 Å². The van der Waals surface area contributed by atoms with Crippen molar-refractivity contribution in [2.24, 2.45) is 11.3 Å². The molecule has 1 amide bonds. The topological polar surface area (TPSA) is 41.1 Å². The molecular formula is C15H21ClN2O. The molecule has 1 aliphatic rings. The summed E-state index contributed by atoms with van der Waals surface area (Å²) in [7, 11) is 0. The quantitative estimate of drug-likeness (QED) is 0.869. The van der Waals surface area contributed by atoms with E-state index in [0.717, 1.165) is 24.5 Å². The van der Waals surface area contributed by atoms with E-state index in [4.69, 9.17) is 11.6 Å². The van der Waals surface area contributed by atoms with Gasteiger partial charge in [-0.25, -0.2) is 0 Å². The zero-order chi connectivity index (χ0) is 13.9. The van der Waals surface area contributed by atoms with Crippen molar-refractivity contribution < 1.29 is 4.79 Å². The van der Waals surface area contributed by atoms with Crippen molar-refractivity contribution in [2.75, 3.05) is 19.6 Å². The third-order valence-electron chi connectivity index (χ3n) is 3.47. The Kier molecular flexibility index (Phi) is 4.48. The Labute approximate surface area is 119 Å². The van der Waals surface area contributed by atoms with Crippen LogP contribution in [-0.4, -0.2) is 25.5 Å². The fourth-order valence-electron chi connectivity index (χ4n) is 2.21. The highest BCUT2D eigenvalue weighted by atomic mass is 35.5. The van der Waals surface area contributed by atoms with E-state index in [0.29, 0.717) is 6.54 Å². The van der Waals surface area contributed by atoms with Gasteiger partial charge in [-0.1, -0.05) is 37.6 Å². The van der Waals surface area contributed by atoms with Crippen molar-refractivity contribution in [3.63, 3.8) is 0 Å². The molecule has 0 atom stereocenters. The first-order valence-corrected chi connectivity index (χ1v) is 7.07. The lowest BCUT2D eigenvalue weighted by molar-refractivity contribution is -0.126. The van der Waals surface area contributed by atoms with Crippen LogP contribution in [0.5, 0.6) is 0 Å². The van der Waals surface area contributed by atoms with Crippen LogP contribution in [0.25, 0.3) is 0 Å². The second kappa shape index (κ2) is 5.93. The maximum Gasteiger partial charge on any atom is 0.225 e. The van der Waals surface area contributed by atoms with Gasteiger partial charge in [-0.15, -0.1) is 0 Å². The van der Waals surface area contributed by atoms with Crippen LogP contribution in [0.1, 0.15) is 19.4 Å². The number of halogens is 1. The van der Waals surface area contributed by atoms with E-state index in [1.54, 1.807) is 0 Å². The van der Waals surface area contributed by atoms with E-state index in [1.807, 2.05) is 18.2 Å². The van der Waals surface area contributed by atoms with Crippen LogP contribution in [0.4, 0.5) is 0 Å². The second-order valence-electron chi connectivity index (χ2n) is 6.04. The Morgan fingerprint density at radius 2 is 2.21 bits per heavy atom. The average molecular weight is 281 g/mol. The summed E-state index contributed by atoms with van der Waals surface area (Å²) in [6, 6.07) is 7.90. The summed E-state index contributed by atoms with van der Waals surface area (Å²) in [5, 5.41) is 6.92. The van der Waals surface area contributed by atoms with Crippen LogP contribution in [0, 0.1) is 11.3 Å². The molecule has 2 N–H and O–H groups in total. The van der Waals surface area contributed by atoms with E-state index in [-0.39, 0.29) is 17.2 Å². The summed E-state index contributed by atoms with van der Waals surface area (Å²) in [4.78, 5) is 11.8. The number of amides is 1. The minimum Gasteiger partial charge on any atom is -0.355 e. The minimum absolute atomic E-state index is 0.0253. The molecule has 0 unspecified atom stereocenters. The third kappa shape index (κ3) is 4.22. The van der Waals surface area contributed by atoms with Crippen LogP contribution in [0.15, 0.2) is 24.3 Å². The monoisotopic (exact) mass is 280 g/mol. The fourth-order valence-corrected chi connectivity index (χ4v) is 2.42. The molecule has 19 heavy (non-hydrogen) atoms. The first-order chi connectivity index (χ1) is 8.96. The van der Waals surface area contributed by atoms with E-state index in [2.05, 4.69) is 30.5 Å². The van der Waals surface area contributed by atoms with Crippen LogP contribution >= 0.6 is 11.6 Å². The highest BCUT2D eigenvalue weighted by molar-refractivity contribution is 6.30. The lowest BCUT2D eigenvalue weighted by atomic mass is 9.85. The molecule has 0 aliphatic carbocycles. The summed E-state index contributed by atoms with van der Waals surface area (Å²) in [6.07, 6.45) is 0.900. The van der Waals surface area contributed by atoms with E-state index >= 15 is 0 Å². The molecule has 0 aromatic heterocycles. The van der Waals surface area contributed by atoms with E-state index < -0.39 is 0 Å². The van der Waals surface area contributed by atoms with Gasteiger partial charge in [0.05, 0.1) is 5.92 Å².